The lowest BCUT2D eigenvalue weighted by atomic mass is 10.5. The molecule has 0 saturated heterocycles. The Hall–Kier alpha value is -0.510. The molecule has 0 unspecified atom stereocenters. The first kappa shape index (κ1) is 7.60. The van der Waals surface area contributed by atoms with Gasteiger partial charge in [-0.25, -0.2) is 0 Å². The van der Waals surface area contributed by atoms with Crippen LogP contribution in [-0.2, 0) is 14.3 Å². The molecule has 0 amide bonds. The minimum Gasteiger partial charge on any atom is -0.469 e. The monoisotopic (exact) mass is 163 g/mol. The van der Waals surface area contributed by atoms with Crippen LogP contribution >= 0.6 is 11.8 Å². The average Bonchev–Trinajstić information content (AvgIpc) is 2.04. The van der Waals surface area contributed by atoms with Gasteiger partial charge in [-0.15, -0.1) is 0 Å². The fraction of sp³-hybridized carbons (Fsp3) is 0.667. The first-order valence-electron chi connectivity index (χ1n) is 3.43. The molecular formula is C6H10O3S. The molecule has 0 aliphatic carbocycles. The Balaban J connectivity index is 3.27. The van der Waals surface area contributed by atoms with E-state index in [2.05, 4.69) is 4.74 Å². The zero-order chi connectivity index (χ0) is 8.69. The van der Waals surface area contributed by atoms with Gasteiger partial charge in [0.05, 0.1) is 13.5 Å². The van der Waals surface area contributed by atoms with Crippen LogP contribution < -0.4 is 0 Å². The zero-order valence-corrected chi connectivity index (χ0v) is 6.57. The summed E-state index contributed by atoms with van der Waals surface area (Å²) in [6.45, 7) is -0.230. The summed E-state index contributed by atoms with van der Waals surface area (Å²) in [5.41, 5.74) is 0. The van der Waals surface area contributed by atoms with Crippen LogP contribution in [0.1, 0.15) is 14.7 Å². The van der Waals surface area contributed by atoms with Gasteiger partial charge in [-0.1, -0.05) is 11.8 Å². The van der Waals surface area contributed by atoms with Gasteiger partial charge in [0, 0.05) is 14.0 Å². The maximum atomic E-state index is 10.5. The number of hydrogen-bond acceptors (Lipinski definition) is 4. The molecule has 0 aliphatic rings. The van der Waals surface area contributed by atoms with E-state index in [1.165, 1.54) is 7.11 Å². The van der Waals surface area contributed by atoms with Gasteiger partial charge in [-0.3, -0.25) is 9.59 Å². The number of thioether (sulfide) groups is 1. The Morgan fingerprint density at radius 1 is 1.70 bits per heavy atom. The Morgan fingerprint density at radius 2 is 2.40 bits per heavy atom. The number of esters is 1. The van der Waals surface area contributed by atoms with E-state index >= 15 is 0 Å². The number of methoxy groups -OCH3 is 1. The van der Waals surface area contributed by atoms with Gasteiger partial charge in [-0.05, 0) is 0 Å². The van der Waals surface area contributed by atoms with Crippen LogP contribution in [0, 0.1) is 0 Å². The van der Waals surface area contributed by atoms with Crippen molar-refractivity contribution < 1.29 is 15.7 Å². The second kappa shape index (κ2) is 5.29. The molecule has 58 valence electrons. The summed E-state index contributed by atoms with van der Waals surface area (Å²) in [7, 11) is 1.30. The van der Waals surface area contributed by atoms with Crippen LogP contribution in [0.2, 0.25) is 0 Å². The molecule has 0 radical (unpaired) electrons. The molecule has 0 aliphatic heterocycles. The van der Waals surface area contributed by atoms with Gasteiger partial charge in [0.15, 0.2) is 5.12 Å². The predicted molar refractivity (Wildman–Crippen MR) is 39.8 cm³/mol. The number of carbonyl (C=O) groups excluding carboxylic acids is 2. The highest BCUT2D eigenvalue weighted by Crippen LogP contribution is 2.03. The molecule has 0 fully saturated rings. The van der Waals surface area contributed by atoms with E-state index in [9.17, 15) is 9.59 Å². The van der Waals surface area contributed by atoms with Gasteiger partial charge in [0.25, 0.3) is 0 Å². The van der Waals surface area contributed by atoms with Crippen molar-refractivity contribution in [3.8, 4) is 0 Å². The topological polar surface area (TPSA) is 43.4 Å². The highest BCUT2D eigenvalue weighted by molar-refractivity contribution is 8.13. The zero-order valence-electron chi connectivity index (χ0n) is 6.75. The van der Waals surface area contributed by atoms with Crippen LogP contribution in [0.15, 0.2) is 0 Å². The van der Waals surface area contributed by atoms with Crippen molar-refractivity contribution in [3.63, 3.8) is 0 Å². The van der Waals surface area contributed by atoms with E-state index in [1.54, 1.807) is 0 Å². The molecule has 0 saturated carbocycles. The maximum absolute atomic E-state index is 10.5. The maximum Gasteiger partial charge on any atom is 0.306 e. The first-order valence-corrected chi connectivity index (χ1v) is 3.71. The summed E-state index contributed by atoms with van der Waals surface area (Å²) in [6, 6.07) is 0. The fourth-order valence-corrected chi connectivity index (χ4v) is 0.847. The number of hydrogen-bond donors (Lipinski definition) is 0. The van der Waals surface area contributed by atoms with Crippen molar-refractivity contribution in [1.82, 2.24) is 0 Å². The Kier molecular flexibility index (Phi) is 4.02. The van der Waals surface area contributed by atoms with Crippen LogP contribution in [0.25, 0.3) is 0 Å². The lowest BCUT2D eigenvalue weighted by Crippen LogP contribution is -2.01. The Morgan fingerprint density at radius 3 is 2.90 bits per heavy atom. The Labute approximate surface area is 65.5 Å². The van der Waals surface area contributed by atoms with E-state index in [0.717, 1.165) is 11.8 Å². The Bertz CT molecular complexity index is 133. The van der Waals surface area contributed by atoms with Crippen molar-refractivity contribution in [1.29, 1.82) is 0 Å². The van der Waals surface area contributed by atoms with Crippen LogP contribution in [-0.4, -0.2) is 23.9 Å². The third-order valence-corrected chi connectivity index (χ3v) is 1.53. The van der Waals surface area contributed by atoms with Crippen molar-refractivity contribution in [2.45, 2.75) is 13.3 Å². The lowest BCUT2D eigenvalue weighted by Gasteiger charge is -1.95. The minimum absolute atomic E-state index is 0.214. The SMILES string of the molecule is [2H]CC(=O)SCCC(=O)OC. The predicted octanol–water partition coefficient (Wildman–Crippen LogP) is 0.829. The van der Waals surface area contributed by atoms with E-state index < -0.39 is 0 Å². The van der Waals surface area contributed by atoms with Gasteiger partial charge in [0.2, 0.25) is 0 Å². The molecule has 0 N–H and O–H groups in total. The lowest BCUT2D eigenvalue weighted by molar-refractivity contribution is -0.140. The molecule has 3 nitrogen and oxygen atoms in total. The fourth-order valence-electron chi connectivity index (χ4n) is 0.350. The summed E-state index contributed by atoms with van der Waals surface area (Å²) >= 11 is 0.993. The minimum atomic E-state index is -0.324. The standard InChI is InChI=1S/C6H10O3S/c1-5(7)10-4-3-6(8)9-2/h3-4H2,1-2H3/i1D. The summed E-state index contributed by atoms with van der Waals surface area (Å²) in [5.74, 6) is 0.0833. The molecule has 10 heavy (non-hydrogen) atoms. The second-order valence-electron chi connectivity index (χ2n) is 1.55. The third kappa shape index (κ3) is 5.62. The van der Waals surface area contributed by atoms with Gasteiger partial charge >= 0.3 is 5.97 Å². The molecule has 4 heteroatoms. The molecule has 0 rings (SSSR count). The molecule has 0 bridgehead atoms. The number of rotatable bonds is 3. The molecule has 0 heterocycles. The van der Waals surface area contributed by atoms with Crippen molar-refractivity contribution in [3.05, 3.63) is 0 Å². The van der Waals surface area contributed by atoms with Crippen LogP contribution in [0.4, 0.5) is 0 Å². The molecule has 0 aromatic rings. The molecular weight excluding hydrogens is 152 g/mol. The largest absolute Gasteiger partial charge is 0.469 e. The van der Waals surface area contributed by atoms with Gasteiger partial charge < -0.3 is 4.74 Å². The van der Waals surface area contributed by atoms with E-state index in [4.69, 9.17) is 1.37 Å². The van der Waals surface area contributed by atoms with E-state index in [-0.39, 0.29) is 24.4 Å². The van der Waals surface area contributed by atoms with Gasteiger partial charge in [-0.2, -0.15) is 0 Å². The summed E-state index contributed by atoms with van der Waals surface area (Å²) in [6.07, 6.45) is 0.229. The van der Waals surface area contributed by atoms with Gasteiger partial charge in [0.1, 0.15) is 0 Å². The van der Waals surface area contributed by atoms with E-state index in [0.29, 0.717) is 5.75 Å². The molecule has 0 aromatic heterocycles. The van der Waals surface area contributed by atoms with Crippen molar-refractivity contribution in [2.75, 3.05) is 12.9 Å². The molecule has 0 atom stereocenters. The third-order valence-electron chi connectivity index (χ3n) is 0.797. The summed E-state index contributed by atoms with van der Waals surface area (Å²) in [4.78, 5) is 21.0. The highest BCUT2D eigenvalue weighted by atomic mass is 32.2. The second-order valence-corrected chi connectivity index (χ2v) is 2.70. The normalized spacial score (nSPS) is 10.3. The summed E-state index contributed by atoms with van der Waals surface area (Å²) < 4.78 is 11.0. The molecule has 0 aromatic carbocycles. The van der Waals surface area contributed by atoms with Crippen LogP contribution in [0.3, 0.4) is 0 Å². The highest BCUT2D eigenvalue weighted by Gasteiger charge is 2.00. The van der Waals surface area contributed by atoms with Crippen molar-refractivity contribution >= 4 is 22.8 Å². The van der Waals surface area contributed by atoms with E-state index in [1.807, 2.05) is 0 Å². The first-order chi connectivity index (χ1) is 5.20. The summed E-state index contributed by atoms with van der Waals surface area (Å²) in [5, 5.41) is -0.214. The smallest absolute Gasteiger partial charge is 0.306 e. The average molecular weight is 163 g/mol. The number of carbonyl (C=O) groups is 2. The molecule has 0 spiro atoms. The quantitative estimate of drug-likeness (QED) is 0.578. The van der Waals surface area contributed by atoms with Crippen molar-refractivity contribution in [2.24, 2.45) is 0 Å². The van der Waals surface area contributed by atoms with Crippen LogP contribution in [0.5, 0.6) is 0 Å². The number of ether oxygens (including phenoxy) is 1.